The molecule has 0 saturated carbocycles. The Morgan fingerprint density at radius 1 is 1.62 bits per heavy atom. The van der Waals surface area contributed by atoms with Gasteiger partial charge in [-0.2, -0.15) is 11.8 Å². The maximum Gasteiger partial charge on any atom is 0.266 e. The van der Waals surface area contributed by atoms with Crippen molar-refractivity contribution < 1.29 is 4.79 Å². The van der Waals surface area contributed by atoms with E-state index in [1.165, 1.54) is 6.20 Å². The summed E-state index contributed by atoms with van der Waals surface area (Å²) >= 11 is 1.72. The molecule has 1 rings (SSSR count). The maximum atomic E-state index is 11.1. The number of rotatable bonds is 5. The van der Waals surface area contributed by atoms with Crippen molar-refractivity contribution in [3.8, 4) is 0 Å². The number of hydrogen-bond donors (Lipinski definition) is 3. The lowest BCUT2D eigenvalue weighted by molar-refractivity contribution is 0.0953. The molecule has 1 atom stereocenters. The first-order valence-electron chi connectivity index (χ1n) is 4.92. The molecule has 1 unspecified atom stereocenters. The van der Waals surface area contributed by atoms with Gasteiger partial charge in [-0.3, -0.25) is 15.2 Å². The maximum absolute atomic E-state index is 11.1. The fourth-order valence-corrected chi connectivity index (χ4v) is 1.95. The van der Waals surface area contributed by atoms with Gasteiger partial charge in [-0.25, -0.2) is 5.84 Å². The van der Waals surface area contributed by atoms with Gasteiger partial charge in [-0.05, 0) is 19.1 Å². The minimum absolute atomic E-state index is 0.187. The van der Waals surface area contributed by atoms with E-state index in [0.717, 1.165) is 17.2 Å². The number of nitrogens with two attached hydrogens (primary N) is 2. The summed E-state index contributed by atoms with van der Waals surface area (Å²) in [5, 5.41) is 0. The Hall–Kier alpha value is -1.11. The number of carbonyl (C=O) groups is 1. The van der Waals surface area contributed by atoms with E-state index < -0.39 is 0 Å². The number of hydrazine groups is 1. The number of hydrogen-bond acceptors (Lipinski definition) is 5. The first kappa shape index (κ1) is 13.0. The Morgan fingerprint density at radius 2 is 2.38 bits per heavy atom. The number of thioether (sulfide) groups is 1. The van der Waals surface area contributed by atoms with E-state index in [4.69, 9.17) is 11.6 Å². The Morgan fingerprint density at radius 3 is 2.88 bits per heavy atom. The molecular formula is C10H16N4OS. The van der Waals surface area contributed by atoms with Gasteiger partial charge in [0.25, 0.3) is 5.91 Å². The molecule has 0 radical (unpaired) electrons. The van der Waals surface area contributed by atoms with Gasteiger partial charge >= 0.3 is 0 Å². The highest BCUT2D eigenvalue weighted by Gasteiger charge is 2.04. The van der Waals surface area contributed by atoms with Crippen LogP contribution in [0.1, 0.15) is 23.0 Å². The number of pyridine rings is 1. The van der Waals surface area contributed by atoms with Crippen LogP contribution in [-0.2, 0) is 5.75 Å². The van der Waals surface area contributed by atoms with Crippen molar-refractivity contribution in [2.45, 2.75) is 18.7 Å². The predicted molar refractivity (Wildman–Crippen MR) is 65.7 cm³/mol. The molecule has 1 aromatic rings. The Balaban J connectivity index is 2.48. The topological polar surface area (TPSA) is 94.0 Å². The molecule has 1 aromatic heterocycles. The van der Waals surface area contributed by atoms with Crippen molar-refractivity contribution >= 4 is 17.7 Å². The van der Waals surface area contributed by atoms with Crippen LogP contribution < -0.4 is 17.0 Å². The largest absolute Gasteiger partial charge is 0.327 e. The highest BCUT2D eigenvalue weighted by Crippen LogP contribution is 2.11. The number of nitrogen functional groups attached to an aromatic ring is 1. The number of carbonyl (C=O) groups excluding carboxylic acids is 1. The fraction of sp³-hybridized carbons (Fsp3) is 0.400. The van der Waals surface area contributed by atoms with Gasteiger partial charge in [0, 0.05) is 23.7 Å². The smallest absolute Gasteiger partial charge is 0.266 e. The second-order valence-corrected chi connectivity index (χ2v) is 4.53. The van der Waals surface area contributed by atoms with Gasteiger partial charge in [0.1, 0.15) is 0 Å². The van der Waals surface area contributed by atoms with Crippen LogP contribution in [0.3, 0.4) is 0 Å². The monoisotopic (exact) mass is 240 g/mol. The molecule has 5 nitrogen and oxygen atoms in total. The summed E-state index contributed by atoms with van der Waals surface area (Å²) in [4.78, 5) is 15.3. The molecule has 0 bridgehead atoms. The van der Waals surface area contributed by atoms with Gasteiger partial charge in [0.15, 0.2) is 0 Å². The Labute approximate surface area is 99.0 Å². The molecule has 88 valence electrons. The normalized spacial score (nSPS) is 12.2. The van der Waals surface area contributed by atoms with E-state index in [0.29, 0.717) is 5.56 Å². The van der Waals surface area contributed by atoms with Gasteiger partial charge in [-0.1, -0.05) is 0 Å². The Bertz CT molecular complexity index is 339. The van der Waals surface area contributed by atoms with Crippen LogP contribution >= 0.6 is 11.8 Å². The molecule has 16 heavy (non-hydrogen) atoms. The van der Waals surface area contributed by atoms with E-state index in [9.17, 15) is 4.79 Å². The predicted octanol–water partition coefficient (Wildman–Crippen LogP) is 0.266. The molecule has 0 fully saturated rings. The summed E-state index contributed by atoms with van der Waals surface area (Å²) in [5.41, 5.74) is 9.08. The van der Waals surface area contributed by atoms with Crippen LogP contribution in [0.25, 0.3) is 0 Å². The third kappa shape index (κ3) is 4.18. The van der Waals surface area contributed by atoms with Crippen molar-refractivity contribution in [1.82, 2.24) is 10.4 Å². The third-order valence-electron chi connectivity index (χ3n) is 1.85. The minimum Gasteiger partial charge on any atom is -0.327 e. The van der Waals surface area contributed by atoms with Gasteiger partial charge in [0.2, 0.25) is 0 Å². The lowest BCUT2D eigenvalue weighted by Gasteiger charge is -2.05. The summed E-state index contributed by atoms with van der Waals surface area (Å²) in [6, 6.07) is 3.71. The summed E-state index contributed by atoms with van der Waals surface area (Å²) in [6.07, 6.45) is 1.52. The second-order valence-electron chi connectivity index (χ2n) is 3.50. The van der Waals surface area contributed by atoms with Crippen LogP contribution in [0.15, 0.2) is 18.3 Å². The van der Waals surface area contributed by atoms with Crippen molar-refractivity contribution in [2.24, 2.45) is 11.6 Å². The molecule has 0 aliphatic heterocycles. The summed E-state index contributed by atoms with van der Waals surface area (Å²) in [6.45, 7) is 1.97. The molecule has 0 aromatic carbocycles. The van der Waals surface area contributed by atoms with E-state index in [-0.39, 0.29) is 11.9 Å². The first-order chi connectivity index (χ1) is 7.63. The molecule has 0 aliphatic carbocycles. The van der Waals surface area contributed by atoms with Gasteiger partial charge in [-0.15, -0.1) is 0 Å². The standard InChI is InChI=1S/C10H16N4OS/c1-7(11)5-16-6-9-3-2-8(4-13-9)10(15)14-12/h2-4,7H,5-6,11-12H2,1H3,(H,14,15). The molecule has 1 amide bonds. The van der Waals surface area contributed by atoms with Gasteiger partial charge in [0.05, 0.1) is 11.3 Å². The molecule has 6 heteroatoms. The highest BCUT2D eigenvalue weighted by atomic mass is 32.2. The van der Waals surface area contributed by atoms with E-state index in [2.05, 4.69) is 10.4 Å². The van der Waals surface area contributed by atoms with Crippen molar-refractivity contribution in [3.63, 3.8) is 0 Å². The van der Waals surface area contributed by atoms with Crippen LogP contribution in [0.4, 0.5) is 0 Å². The van der Waals surface area contributed by atoms with Crippen LogP contribution in [0.5, 0.6) is 0 Å². The van der Waals surface area contributed by atoms with E-state index in [1.54, 1.807) is 17.8 Å². The number of aromatic nitrogens is 1. The van der Waals surface area contributed by atoms with E-state index >= 15 is 0 Å². The zero-order valence-corrected chi connectivity index (χ0v) is 9.96. The number of amides is 1. The average molecular weight is 240 g/mol. The molecule has 0 saturated heterocycles. The second kappa shape index (κ2) is 6.47. The average Bonchev–Trinajstić information content (AvgIpc) is 2.28. The molecule has 0 aliphatic rings. The highest BCUT2D eigenvalue weighted by molar-refractivity contribution is 7.98. The number of nitrogens with zero attached hydrogens (tertiary/aromatic N) is 1. The van der Waals surface area contributed by atoms with E-state index in [1.807, 2.05) is 13.0 Å². The van der Waals surface area contributed by atoms with Crippen molar-refractivity contribution in [3.05, 3.63) is 29.6 Å². The van der Waals surface area contributed by atoms with Gasteiger partial charge < -0.3 is 5.73 Å². The first-order valence-corrected chi connectivity index (χ1v) is 6.08. The summed E-state index contributed by atoms with van der Waals surface area (Å²) in [7, 11) is 0. The zero-order chi connectivity index (χ0) is 12.0. The zero-order valence-electron chi connectivity index (χ0n) is 9.14. The van der Waals surface area contributed by atoms with Crippen LogP contribution in [-0.4, -0.2) is 22.7 Å². The quantitative estimate of drug-likeness (QED) is 0.390. The van der Waals surface area contributed by atoms with Crippen molar-refractivity contribution in [1.29, 1.82) is 0 Å². The number of nitrogens with one attached hydrogen (secondary N) is 1. The SMILES string of the molecule is CC(N)CSCc1ccc(C(=O)NN)cn1. The molecular weight excluding hydrogens is 224 g/mol. The lowest BCUT2D eigenvalue weighted by atomic mass is 10.2. The lowest BCUT2D eigenvalue weighted by Crippen LogP contribution is -2.30. The van der Waals surface area contributed by atoms with Crippen LogP contribution in [0.2, 0.25) is 0 Å². The molecule has 0 spiro atoms. The minimum atomic E-state index is -0.331. The van der Waals surface area contributed by atoms with Crippen LogP contribution in [0, 0.1) is 0 Å². The summed E-state index contributed by atoms with van der Waals surface area (Å²) < 4.78 is 0. The van der Waals surface area contributed by atoms with Crippen molar-refractivity contribution in [2.75, 3.05) is 5.75 Å². The molecule has 1 heterocycles. The summed E-state index contributed by atoms with van der Waals surface area (Å²) in [5.74, 6) is 6.37. The fourth-order valence-electron chi connectivity index (χ4n) is 1.08. The third-order valence-corrected chi connectivity index (χ3v) is 3.11. The Kier molecular flexibility index (Phi) is 5.24. The molecule has 5 N–H and O–H groups in total.